The number of aromatic amines is 1. The molecule has 0 radical (unpaired) electrons. The van der Waals surface area contributed by atoms with Crippen LogP contribution in [0, 0.1) is 11.8 Å². The van der Waals surface area contributed by atoms with Crippen LogP contribution in [0.1, 0.15) is 79.0 Å². The van der Waals surface area contributed by atoms with E-state index in [2.05, 4.69) is 49.3 Å². The number of carbonyl (C=O) groups excluding carboxylic acids is 5. The first-order valence-electron chi connectivity index (χ1n) is 21.6. The molecular weight excluding hydrogens is 763 g/mol. The minimum atomic E-state index is -0.970. The van der Waals surface area contributed by atoms with E-state index in [1.54, 1.807) is 12.1 Å². The number of nitrogens with one attached hydrogen (secondary N) is 2. The van der Waals surface area contributed by atoms with E-state index in [-0.39, 0.29) is 36.2 Å². The number of piperazine rings is 1. The first-order chi connectivity index (χ1) is 29.1. The highest BCUT2D eigenvalue weighted by molar-refractivity contribution is 6.23. The van der Waals surface area contributed by atoms with Gasteiger partial charge >= 0.3 is 0 Å². The van der Waals surface area contributed by atoms with Crippen molar-refractivity contribution in [1.29, 1.82) is 0 Å². The van der Waals surface area contributed by atoms with Gasteiger partial charge in [0.2, 0.25) is 17.7 Å². The number of likely N-dealkylation sites (tertiary alicyclic amines) is 1. The monoisotopic (exact) mass is 813 g/mol. The number of H-pyrrole nitrogens is 1. The zero-order valence-electron chi connectivity index (χ0n) is 34.0. The summed E-state index contributed by atoms with van der Waals surface area (Å²) >= 11 is 0. The molecule has 5 amide bonds. The van der Waals surface area contributed by atoms with Gasteiger partial charge in [-0.1, -0.05) is 0 Å². The summed E-state index contributed by atoms with van der Waals surface area (Å²) in [5, 5.41) is 11.1. The standard InChI is InChI=1S/C45H51N9O6/c1-45(13-14-45)60-32-3-5-36-35(26-32)40(49-48-36)30-8-15-46-38(24-30)52-20-22-53(23-21-52)42(57)29-11-16-50(17-12-29)27-28-9-18-51(19-10-28)31-2-4-33-34(25-31)44(59)54(43(33)58)37-6-7-39(55)47-41(37)56/h2-5,8,15,24-26,28-29,37H,6-7,9-14,16-23,27H2,1H3,(H,48,49)(H,47,55,56). The van der Waals surface area contributed by atoms with Crippen LogP contribution < -0.4 is 19.9 Å². The second-order valence-electron chi connectivity index (χ2n) is 17.7. The van der Waals surface area contributed by atoms with Crippen molar-refractivity contribution in [2.75, 3.05) is 68.7 Å². The van der Waals surface area contributed by atoms with E-state index in [1.807, 2.05) is 35.4 Å². The van der Waals surface area contributed by atoms with Crippen molar-refractivity contribution in [3.63, 3.8) is 0 Å². The number of hydrogen-bond donors (Lipinski definition) is 2. The molecule has 15 nitrogen and oxygen atoms in total. The number of fused-ring (bicyclic) bond motifs is 2. The summed E-state index contributed by atoms with van der Waals surface area (Å²) in [5.74, 6) is 0.680. The largest absolute Gasteiger partial charge is 0.488 e. The average Bonchev–Trinajstić information content (AvgIpc) is 3.75. The highest BCUT2D eigenvalue weighted by Crippen LogP contribution is 2.41. The Morgan fingerprint density at radius 2 is 1.58 bits per heavy atom. The Morgan fingerprint density at radius 1 is 0.817 bits per heavy atom. The van der Waals surface area contributed by atoms with Gasteiger partial charge in [-0.3, -0.25) is 39.3 Å². The molecule has 15 heteroatoms. The Balaban J connectivity index is 0.679. The smallest absolute Gasteiger partial charge is 0.262 e. The molecule has 0 spiro atoms. The molecule has 2 aromatic heterocycles. The number of imide groups is 2. The third-order valence-electron chi connectivity index (χ3n) is 13.6. The summed E-state index contributed by atoms with van der Waals surface area (Å²) in [6.45, 7) is 9.53. The van der Waals surface area contributed by atoms with Gasteiger partial charge in [-0.25, -0.2) is 4.98 Å². The molecule has 0 bridgehead atoms. The lowest BCUT2D eigenvalue weighted by Gasteiger charge is -2.40. The van der Waals surface area contributed by atoms with Gasteiger partial charge in [0.05, 0.1) is 16.6 Å². The minimum Gasteiger partial charge on any atom is -0.488 e. The van der Waals surface area contributed by atoms with Crippen LogP contribution in [0.5, 0.6) is 5.75 Å². The van der Waals surface area contributed by atoms with Crippen molar-refractivity contribution in [3.05, 3.63) is 65.9 Å². The third kappa shape index (κ3) is 7.37. The van der Waals surface area contributed by atoms with Crippen molar-refractivity contribution in [2.24, 2.45) is 11.8 Å². The summed E-state index contributed by atoms with van der Waals surface area (Å²) in [7, 11) is 0. The maximum Gasteiger partial charge on any atom is 0.262 e. The number of hydrogen-bond acceptors (Lipinski definition) is 11. The molecule has 5 aliphatic heterocycles. The van der Waals surface area contributed by atoms with E-state index < -0.39 is 23.8 Å². The van der Waals surface area contributed by atoms with E-state index in [4.69, 9.17) is 9.72 Å². The quantitative estimate of drug-likeness (QED) is 0.233. The number of anilines is 2. The summed E-state index contributed by atoms with van der Waals surface area (Å²) in [5.41, 5.74) is 4.29. The Bertz CT molecular complexity index is 2370. The topological polar surface area (TPSA) is 164 Å². The van der Waals surface area contributed by atoms with Crippen LogP contribution in [0.15, 0.2) is 54.7 Å². The average molecular weight is 814 g/mol. The number of rotatable bonds is 9. The Labute approximate surface area is 348 Å². The first kappa shape index (κ1) is 38.4. The Kier molecular flexibility index (Phi) is 9.80. The number of ether oxygens (including phenoxy) is 1. The number of amides is 5. The van der Waals surface area contributed by atoms with Gasteiger partial charge in [0.15, 0.2) is 0 Å². The van der Waals surface area contributed by atoms with Crippen LogP contribution in [0.3, 0.4) is 0 Å². The zero-order chi connectivity index (χ0) is 41.1. The number of nitrogens with zero attached hydrogens (tertiary/aromatic N) is 7. The molecule has 10 rings (SSSR count). The minimum absolute atomic E-state index is 0.0537. The van der Waals surface area contributed by atoms with Crippen LogP contribution in [0.4, 0.5) is 11.5 Å². The summed E-state index contributed by atoms with van der Waals surface area (Å²) in [6, 6.07) is 14.6. The molecule has 5 fully saturated rings. The van der Waals surface area contributed by atoms with Gasteiger partial charge in [0, 0.05) is 81.0 Å². The number of aromatic nitrogens is 3. The molecule has 4 saturated heterocycles. The van der Waals surface area contributed by atoms with Crippen molar-refractivity contribution in [2.45, 2.75) is 69.9 Å². The Hall–Kier alpha value is -5.83. The van der Waals surface area contributed by atoms with Gasteiger partial charge in [-0.15, -0.1) is 0 Å². The van der Waals surface area contributed by atoms with E-state index >= 15 is 0 Å². The van der Waals surface area contributed by atoms with Gasteiger partial charge in [0.1, 0.15) is 28.9 Å². The molecule has 6 aliphatic rings. The zero-order valence-corrected chi connectivity index (χ0v) is 34.0. The van der Waals surface area contributed by atoms with E-state index in [9.17, 15) is 24.0 Å². The summed E-state index contributed by atoms with van der Waals surface area (Å²) < 4.78 is 6.23. The molecule has 2 aromatic carbocycles. The van der Waals surface area contributed by atoms with Crippen molar-refractivity contribution < 1.29 is 28.7 Å². The van der Waals surface area contributed by atoms with Crippen molar-refractivity contribution in [3.8, 4) is 17.0 Å². The van der Waals surface area contributed by atoms with Gasteiger partial charge in [0.25, 0.3) is 11.8 Å². The maximum atomic E-state index is 13.7. The van der Waals surface area contributed by atoms with Crippen LogP contribution in [0.2, 0.25) is 0 Å². The normalized spacial score (nSPS) is 22.7. The van der Waals surface area contributed by atoms with E-state index in [0.717, 1.165) is 129 Å². The molecule has 1 atom stereocenters. The van der Waals surface area contributed by atoms with Crippen molar-refractivity contribution >= 4 is 51.9 Å². The van der Waals surface area contributed by atoms with Crippen LogP contribution in [0.25, 0.3) is 22.2 Å². The number of piperidine rings is 3. The molecule has 2 N–H and O–H groups in total. The number of pyridine rings is 1. The number of benzene rings is 2. The summed E-state index contributed by atoms with van der Waals surface area (Å²) in [6.07, 6.45) is 8.02. The highest BCUT2D eigenvalue weighted by Gasteiger charge is 2.45. The summed E-state index contributed by atoms with van der Waals surface area (Å²) in [4.78, 5) is 79.1. The SMILES string of the molecule is CC1(Oc2ccc3[nH]nc(-c4ccnc(N5CCN(C(=O)C6CCN(CC7CCN(c8ccc9c(c8)C(=O)N(C8CCC(=O)NC8=O)C9=O)CC7)CC6)CC5)c4)c3c2)CC1. The molecule has 1 aliphatic carbocycles. The molecule has 1 saturated carbocycles. The predicted octanol–water partition coefficient (Wildman–Crippen LogP) is 4.23. The molecular formula is C45H51N9O6. The molecule has 7 heterocycles. The molecule has 60 heavy (non-hydrogen) atoms. The Morgan fingerprint density at radius 3 is 2.33 bits per heavy atom. The lowest BCUT2D eigenvalue weighted by Crippen LogP contribution is -2.54. The lowest BCUT2D eigenvalue weighted by molar-refractivity contribution is -0.138. The molecule has 4 aromatic rings. The first-order valence-corrected chi connectivity index (χ1v) is 21.6. The van der Waals surface area contributed by atoms with Crippen molar-refractivity contribution in [1.82, 2.24) is 35.2 Å². The predicted molar refractivity (Wildman–Crippen MR) is 224 cm³/mol. The second kappa shape index (κ2) is 15.3. The molecule has 312 valence electrons. The maximum absolute atomic E-state index is 13.7. The van der Waals surface area contributed by atoms with Gasteiger partial charge < -0.3 is 24.3 Å². The van der Waals surface area contributed by atoms with Gasteiger partial charge in [-0.05, 0) is 119 Å². The fourth-order valence-corrected chi connectivity index (χ4v) is 9.75. The van der Waals surface area contributed by atoms with Crippen LogP contribution in [-0.2, 0) is 14.4 Å². The third-order valence-corrected chi connectivity index (χ3v) is 13.6. The highest BCUT2D eigenvalue weighted by atomic mass is 16.5. The van der Waals surface area contributed by atoms with Crippen LogP contribution >= 0.6 is 0 Å². The fourth-order valence-electron chi connectivity index (χ4n) is 9.75. The second-order valence-corrected chi connectivity index (χ2v) is 17.7. The number of carbonyl (C=O) groups is 5. The van der Waals surface area contributed by atoms with Crippen LogP contribution in [-0.4, -0.2) is 130 Å². The molecule has 1 unspecified atom stereocenters. The van der Waals surface area contributed by atoms with Gasteiger partial charge in [-0.2, -0.15) is 5.10 Å². The lowest BCUT2D eigenvalue weighted by atomic mass is 9.91. The van der Waals surface area contributed by atoms with E-state index in [1.165, 1.54) is 0 Å². The van der Waals surface area contributed by atoms with E-state index in [0.29, 0.717) is 30.1 Å². The fraction of sp³-hybridized carbons (Fsp3) is 0.489.